The summed E-state index contributed by atoms with van der Waals surface area (Å²) < 4.78 is 10.2. The van der Waals surface area contributed by atoms with Crippen molar-refractivity contribution in [3.63, 3.8) is 0 Å². The van der Waals surface area contributed by atoms with E-state index in [0.717, 1.165) is 0 Å². The van der Waals surface area contributed by atoms with Gasteiger partial charge in [-0.2, -0.15) is 0 Å². The number of methoxy groups -OCH3 is 1. The molecule has 0 saturated heterocycles. The summed E-state index contributed by atoms with van der Waals surface area (Å²) in [5, 5.41) is 0. The first-order chi connectivity index (χ1) is 8.20. The van der Waals surface area contributed by atoms with E-state index in [-0.39, 0.29) is 23.1 Å². The maximum Gasteiger partial charge on any atom is 0.232 e. The number of allylic oxidation sites excluding steroid dienone is 2. The molecule has 4 nitrogen and oxygen atoms in total. The Morgan fingerprint density at radius 3 is 2.00 bits per heavy atom. The minimum Gasteiger partial charge on any atom is -0.489 e. The topological polar surface area (TPSA) is 52.6 Å². The van der Waals surface area contributed by atoms with Crippen molar-refractivity contribution >= 4 is 11.6 Å². The molecule has 0 aliphatic heterocycles. The van der Waals surface area contributed by atoms with Crippen LogP contribution in [-0.2, 0) is 9.47 Å². The van der Waals surface area contributed by atoms with Crippen LogP contribution in [0.25, 0.3) is 0 Å². The third-order valence-corrected chi connectivity index (χ3v) is 2.53. The van der Waals surface area contributed by atoms with Crippen molar-refractivity contribution < 1.29 is 19.1 Å². The van der Waals surface area contributed by atoms with Gasteiger partial charge in [0.1, 0.15) is 0 Å². The summed E-state index contributed by atoms with van der Waals surface area (Å²) in [6, 6.07) is 6.65. The number of Topliss-reactive ketones (excluding diaryl/α,β-unsaturated/α-hetero) is 2. The largest absolute Gasteiger partial charge is 0.489 e. The van der Waals surface area contributed by atoms with Gasteiger partial charge in [0.05, 0.1) is 13.7 Å². The van der Waals surface area contributed by atoms with Gasteiger partial charge in [-0.05, 0) is 6.92 Å². The molecule has 0 aromatic heterocycles. The Labute approximate surface area is 98.8 Å². The average molecular weight is 232 g/mol. The van der Waals surface area contributed by atoms with E-state index in [9.17, 15) is 9.59 Å². The fourth-order valence-electron chi connectivity index (χ4n) is 1.79. The number of hydrogen-bond donors (Lipinski definition) is 0. The van der Waals surface area contributed by atoms with Crippen molar-refractivity contribution in [2.24, 2.45) is 0 Å². The Morgan fingerprint density at radius 2 is 1.53 bits per heavy atom. The third kappa shape index (κ3) is 1.71. The van der Waals surface area contributed by atoms with E-state index in [1.165, 1.54) is 7.11 Å². The summed E-state index contributed by atoms with van der Waals surface area (Å²) >= 11 is 0. The zero-order valence-corrected chi connectivity index (χ0v) is 9.65. The second-order valence-corrected chi connectivity index (χ2v) is 3.50. The van der Waals surface area contributed by atoms with E-state index in [4.69, 9.17) is 9.47 Å². The maximum absolute atomic E-state index is 12.1. The quantitative estimate of drug-likeness (QED) is 0.799. The van der Waals surface area contributed by atoms with E-state index >= 15 is 0 Å². The van der Waals surface area contributed by atoms with E-state index in [2.05, 4.69) is 0 Å². The highest BCUT2D eigenvalue weighted by Crippen LogP contribution is 2.27. The zero-order valence-electron chi connectivity index (χ0n) is 9.65. The maximum atomic E-state index is 12.1. The Morgan fingerprint density at radius 1 is 1.00 bits per heavy atom. The predicted molar refractivity (Wildman–Crippen MR) is 60.8 cm³/mol. The van der Waals surface area contributed by atoms with Crippen molar-refractivity contribution in [3.8, 4) is 0 Å². The monoisotopic (exact) mass is 232 g/mol. The number of rotatable bonds is 3. The van der Waals surface area contributed by atoms with E-state index in [1.807, 2.05) is 0 Å². The molecule has 0 amide bonds. The Balaban J connectivity index is 2.60. The minimum absolute atomic E-state index is 0.00120. The van der Waals surface area contributed by atoms with Crippen LogP contribution in [0.15, 0.2) is 35.8 Å². The summed E-state index contributed by atoms with van der Waals surface area (Å²) in [5.41, 5.74) is 0.722. The molecule has 0 saturated carbocycles. The Bertz CT molecular complexity index is 514. The molecule has 1 aromatic carbocycles. The number of hydrogen-bond acceptors (Lipinski definition) is 4. The molecular weight excluding hydrogens is 220 g/mol. The summed E-state index contributed by atoms with van der Waals surface area (Å²) in [7, 11) is 1.35. The second-order valence-electron chi connectivity index (χ2n) is 3.50. The van der Waals surface area contributed by atoms with Gasteiger partial charge in [0.25, 0.3) is 0 Å². The van der Waals surface area contributed by atoms with Crippen molar-refractivity contribution in [3.05, 3.63) is 46.9 Å². The first kappa shape index (κ1) is 11.4. The highest BCUT2D eigenvalue weighted by Gasteiger charge is 2.34. The molecule has 0 bridgehead atoms. The van der Waals surface area contributed by atoms with Gasteiger partial charge in [-0.15, -0.1) is 0 Å². The minimum atomic E-state index is -0.314. The molecule has 1 aliphatic carbocycles. The number of carbonyl (C=O) groups excluding carboxylic acids is 2. The molecule has 17 heavy (non-hydrogen) atoms. The molecule has 0 N–H and O–H groups in total. The van der Waals surface area contributed by atoms with Crippen LogP contribution >= 0.6 is 0 Å². The number of benzene rings is 1. The van der Waals surface area contributed by atoms with Crippen molar-refractivity contribution in [1.82, 2.24) is 0 Å². The molecule has 1 aromatic rings. The molecular formula is C13H12O4. The highest BCUT2D eigenvalue weighted by molar-refractivity contribution is 6.25. The van der Waals surface area contributed by atoms with Gasteiger partial charge in [0.15, 0.2) is 0 Å². The van der Waals surface area contributed by atoms with E-state index in [1.54, 1.807) is 31.2 Å². The lowest BCUT2D eigenvalue weighted by molar-refractivity contribution is 0.0800. The molecule has 0 fully saturated rings. The Hall–Kier alpha value is -2.10. The van der Waals surface area contributed by atoms with Gasteiger partial charge in [-0.1, -0.05) is 24.3 Å². The lowest BCUT2D eigenvalue weighted by atomic mass is 9.92. The number of carbonyl (C=O) groups is 2. The van der Waals surface area contributed by atoms with E-state index < -0.39 is 0 Å². The number of fused-ring (bicyclic) bond motifs is 1. The van der Waals surface area contributed by atoms with Crippen molar-refractivity contribution in [2.45, 2.75) is 6.92 Å². The van der Waals surface area contributed by atoms with Crippen LogP contribution in [0.2, 0.25) is 0 Å². The van der Waals surface area contributed by atoms with Crippen LogP contribution in [0.4, 0.5) is 0 Å². The average Bonchev–Trinajstić information content (AvgIpc) is 2.36. The van der Waals surface area contributed by atoms with Gasteiger partial charge in [0, 0.05) is 11.1 Å². The smallest absolute Gasteiger partial charge is 0.232 e. The van der Waals surface area contributed by atoms with Crippen LogP contribution in [0, 0.1) is 0 Å². The second kappa shape index (κ2) is 4.41. The first-order valence-corrected chi connectivity index (χ1v) is 5.30. The van der Waals surface area contributed by atoms with Crippen molar-refractivity contribution in [1.29, 1.82) is 0 Å². The highest BCUT2D eigenvalue weighted by atomic mass is 16.5. The van der Waals surface area contributed by atoms with Crippen LogP contribution in [0.5, 0.6) is 0 Å². The first-order valence-electron chi connectivity index (χ1n) is 5.30. The normalized spacial score (nSPS) is 14.7. The Kier molecular flexibility index (Phi) is 2.95. The molecule has 0 spiro atoms. The van der Waals surface area contributed by atoms with Gasteiger partial charge >= 0.3 is 0 Å². The lowest BCUT2D eigenvalue weighted by Crippen LogP contribution is -2.24. The fourth-order valence-corrected chi connectivity index (χ4v) is 1.79. The fraction of sp³-hybridized carbons (Fsp3) is 0.231. The summed E-state index contributed by atoms with van der Waals surface area (Å²) in [5.74, 6) is -0.640. The van der Waals surface area contributed by atoms with E-state index in [0.29, 0.717) is 17.7 Å². The lowest BCUT2D eigenvalue weighted by Gasteiger charge is -2.19. The summed E-state index contributed by atoms with van der Waals surface area (Å²) in [4.78, 5) is 24.2. The van der Waals surface area contributed by atoms with Gasteiger partial charge in [0.2, 0.25) is 23.1 Å². The van der Waals surface area contributed by atoms with Crippen LogP contribution in [0.1, 0.15) is 27.6 Å². The van der Waals surface area contributed by atoms with Crippen LogP contribution in [-0.4, -0.2) is 25.3 Å². The molecule has 0 unspecified atom stereocenters. The van der Waals surface area contributed by atoms with Gasteiger partial charge in [-0.25, -0.2) is 0 Å². The molecule has 4 heteroatoms. The number of ketones is 2. The molecule has 1 aliphatic rings. The third-order valence-electron chi connectivity index (χ3n) is 2.53. The van der Waals surface area contributed by atoms with Crippen LogP contribution < -0.4 is 0 Å². The summed E-state index contributed by atoms with van der Waals surface area (Å²) in [6.07, 6.45) is 0. The SMILES string of the molecule is CCOC1=C(OC)C(=O)c2ccccc2C1=O. The number of ether oxygens (including phenoxy) is 2. The zero-order chi connectivity index (χ0) is 12.4. The molecule has 0 atom stereocenters. The van der Waals surface area contributed by atoms with Crippen LogP contribution in [0.3, 0.4) is 0 Å². The summed E-state index contributed by atoms with van der Waals surface area (Å²) in [6.45, 7) is 2.06. The van der Waals surface area contributed by atoms with Gasteiger partial charge < -0.3 is 9.47 Å². The molecule has 2 rings (SSSR count). The molecule has 0 radical (unpaired) electrons. The predicted octanol–water partition coefficient (Wildman–Crippen LogP) is 1.96. The van der Waals surface area contributed by atoms with Crippen molar-refractivity contribution in [2.75, 3.05) is 13.7 Å². The standard InChI is InChI=1S/C13H12O4/c1-3-17-13-11(15)9-7-5-4-6-8(9)10(14)12(13)16-2/h4-7H,3H2,1-2H3. The molecule has 0 heterocycles. The molecule has 88 valence electrons. The van der Waals surface area contributed by atoms with Gasteiger partial charge in [-0.3, -0.25) is 9.59 Å².